The van der Waals surface area contributed by atoms with E-state index in [0.717, 1.165) is 11.6 Å². The zero-order chi connectivity index (χ0) is 19.4. The molecule has 0 N–H and O–H groups in total. The van der Waals surface area contributed by atoms with Gasteiger partial charge < -0.3 is 9.47 Å². The smallest absolute Gasteiger partial charge is 0.312 e. The van der Waals surface area contributed by atoms with Crippen molar-refractivity contribution in [3.63, 3.8) is 0 Å². The molecule has 3 rings (SSSR count). The van der Waals surface area contributed by atoms with Gasteiger partial charge in [0.25, 0.3) is 0 Å². The van der Waals surface area contributed by atoms with Gasteiger partial charge in [-0.05, 0) is 30.2 Å². The summed E-state index contributed by atoms with van der Waals surface area (Å²) in [6.45, 7) is 3.00. The summed E-state index contributed by atoms with van der Waals surface area (Å²) in [7, 11) is -3.83. The lowest BCUT2D eigenvalue weighted by Crippen LogP contribution is -2.40. The number of sulfonamides is 1. The van der Waals surface area contributed by atoms with Crippen LogP contribution in [-0.4, -0.2) is 43.9 Å². The third-order valence-electron chi connectivity index (χ3n) is 4.31. The molecule has 2 aromatic carbocycles. The summed E-state index contributed by atoms with van der Waals surface area (Å²) in [5.41, 5.74) is 0.507. The van der Waals surface area contributed by atoms with Crippen LogP contribution in [0.4, 0.5) is 5.69 Å². The van der Waals surface area contributed by atoms with Gasteiger partial charge in [-0.3, -0.25) is 10.1 Å². The Morgan fingerprint density at radius 2 is 1.85 bits per heavy atom. The van der Waals surface area contributed by atoms with E-state index in [9.17, 15) is 18.5 Å². The van der Waals surface area contributed by atoms with Gasteiger partial charge in [-0.2, -0.15) is 4.31 Å². The van der Waals surface area contributed by atoms with E-state index in [1.807, 2.05) is 19.1 Å². The molecule has 0 radical (unpaired) electrons. The first kappa shape index (κ1) is 19.3. The number of para-hydroxylation sites is 1. The highest BCUT2D eigenvalue weighted by Gasteiger charge is 2.29. The predicted octanol–water partition coefficient (Wildman–Crippen LogP) is 2.97. The fourth-order valence-electron chi connectivity index (χ4n) is 2.84. The number of benzene rings is 2. The number of nitro groups is 1. The van der Waals surface area contributed by atoms with Crippen molar-refractivity contribution in [2.24, 2.45) is 0 Å². The van der Waals surface area contributed by atoms with Gasteiger partial charge in [-0.25, -0.2) is 8.42 Å². The molecule has 0 atom stereocenters. The molecular weight excluding hydrogens is 372 g/mol. The van der Waals surface area contributed by atoms with Crippen LogP contribution in [0.3, 0.4) is 0 Å². The van der Waals surface area contributed by atoms with Gasteiger partial charge in [0.15, 0.2) is 0 Å². The SMILES string of the molecule is CCc1ccccc1Oc1ccc(S(=O)(=O)N2CCOCC2)cc1[N+](=O)[O-]. The van der Waals surface area contributed by atoms with Crippen LogP contribution in [0.1, 0.15) is 12.5 Å². The average Bonchev–Trinajstić information content (AvgIpc) is 2.69. The lowest BCUT2D eigenvalue weighted by molar-refractivity contribution is -0.385. The summed E-state index contributed by atoms with van der Waals surface area (Å²) in [4.78, 5) is 10.8. The van der Waals surface area contributed by atoms with Crippen LogP contribution >= 0.6 is 0 Å². The monoisotopic (exact) mass is 392 g/mol. The van der Waals surface area contributed by atoms with Crippen molar-refractivity contribution in [3.8, 4) is 11.5 Å². The maximum absolute atomic E-state index is 12.7. The van der Waals surface area contributed by atoms with Gasteiger partial charge in [0, 0.05) is 19.2 Å². The van der Waals surface area contributed by atoms with Gasteiger partial charge in [0.1, 0.15) is 5.75 Å². The first-order chi connectivity index (χ1) is 12.9. The van der Waals surface area contributed by atoms with Crippen molar-refractivity contribution < 1.29 is 22.8 Å². The van der Waals surface area contributed by atoms with E-state index in [1.54, 1.807) is 12.1 Å². The standard InChI is InChI=1S/C18H20N2O6S/c1-2-14-5-3-4-6-17(14)26-18-8-7-15(13-16(18)20(21)22)27(23,24)19-9-11-25-12-10-19/h3-8,13H,2,9-12H2,1H3. The molecule has 8 nitrogen and oxygen atoms in total. The molecule has 1 fully saturated rings. The zero-order valence-corrected chi connectivity index (χ0v) is 15.6. The van der Waals surface area contributed by atoms with Crippen molar-refractivity contribution in [2.75, 3.05) is 26.3 Å². The predicted molar refractivity (Wildman–Crippen MR) is 98.6 cm³/mol. The van der Waals surface area contributed by atoms with Crippen molar-refractivity contribution >= 4 is 15.7 Å². The highest BCUT2D eigenvalue weighted by molar-refractivity contribution is 7.89. The third kappa shape index (κ3) is 4.10. The lowest BCUT2D eigenvalue weighted by atomic mass is 10.1. The minimum Gasteiger partial charge on any atom is -0.450 e. The number of ether oxygens (including phenoxy) is 2. The summed E-state index contributed by atoms with van der Waals surface area (Å²) < 4.78 is 37.6. The minimum atomic E-state index is -3.83. The molecule has 1 heterocycles. The maximum Gasteiger partial charge on any atom is 0.312 e. The van der Waals surface area contributed by atoms with Gasteiger partial charge in [-0.1, -0.05) is 25.1 Å². The first-order valence-corrected chi connectivity index (χ1v) is 9.99. The summed E-state index contributed by atoms with van der Waals surface area (Å²) >= 11 is 0. The molecule has 9 heteroatoms. The molecule has 1 aliphatic heterocycles. The fraction of sp³-hybridized carbons (Fsp3) is 0.333. The Morgan fingerprint density at radius 3 is 2.52 bits per heavy atom. The number of nitro benzene ring substituents is 1. The Bertz CT molecular complexity index is 939. The lowest BCUT2D eigenvalue weighted by Gasteiger charge is -2.26. The van der Waals surface area contributed by atoms with E-state index in [-0.39, 0.29) is 23.7 Å². The van der Waals surface area contributed by atoms with Crippen LogP contribution in [0, 0.1) is 10.1 Å². The number of morpholine rings is 1. The Labute approximate surface area is 157 Å². The minimum absolute atomic E-state index is 0.00169. The van der Waals surface area contributed by atoms with Crippen molar-refractivity contribution in [1.29, 1.82) is 0 Å². The Kier molecular flexibility index (Phi) is 5.73. The van der Waals surface area contributed by atoms with Gasteiger partial charge in [-0.15, -0.1) is 0 Å². The average molecular weight is 392 g/mol. The van der Waals surface area contributed by atoms with Crippen LogP contribution in [0.2, 0.25) is 0 Å². The molecule has 0 saturated carbocycles. The van der Waals surface area contributed by atoms with Gasteiger partial charge in [0.2, 0.25) is 15.8 Å². The Morgan fingerprint density at radius 1 is 1.15 bits per heavy atom. The summed E-state index contributed by atoms with van der Waals surface area (Å²) in [5.74, 6) is 0.508. The number of aryl methyl sites for hydroxylation is 1. The molecule has 2 aromatic rings. The second-order valence-corrected chi connectivity index (χ2v) is 7.90. The zero-order valence-electron chi connectivity index (χ0n) is 14.8. The molecule has 144 valence electrons. The highest BCUT2D eigenvalue weighted by atomic mass is 32.2. The molecule has 0 aliphatic carbocycles. The summed E-state index contributed by atoms with van der Waals surface area (Å²) in [6, 6.07) is 10.9. The van der Waals surface area contributed by atoms with Gasteiger partial charge >= 0.3 is 5.69 Å². The Balaban J connectivity index is 1.97. The number of nitrogens with zero attached hydrogens (tertiary/aromatic N) is 2. The van der Waals surface area contributed by atoms with E-state index >= 15 is 0 Å². The van der Waals surface area contributed by atoms with Crippen molar-refractivity contribution in [1.82, 2.24) is 4.31 Å². The number of hydrogen-bond acceptors (Lipinski definition) is 6. The summed E-state index contributed by atoms with van der Waals surface area (Å²) in [6.07, 6.45) is 0.702. The molecule has 1 saturated heterocycles. The van der Waals surface area contributed by atoms with Gasteiger partial charge in [0.05, 0.1) is 23.0 Å². The largest absolute Gasteiger partial charge is 0.450 e. The number of hydrogen-bond donors (Lipinski definition) is 0. The molecule has 0 spiro atoms. The van der Waals surface area contributed by atoms with E-state index < -0.39 is 20.6 Å². The Hall–Kier alpha value is -2.49. The molecule has 27 heavy (non-hydrogen) atoms. The normalized spacial score (nSPS) is 15.4. The molecule has 0 amide bonds. The number of rotatable bonds is 6. The van der Waals surface area contributed by atoms with E-state index in [0.29, 0.717) is 25.4 Å². The first-order valence-electron chi connectivity index (χ1n) is 8.55. The topological polar surface area (TPSA) is 99.0 Å². The van der Waals surface area contributed by atoms with E-state index in [4.69, 9.17) is 9.47 Å². The van der Waals surface area contributed by atoms with Crippen LogP contribution in [0.5, 0.6) is 11.5 Å². The van der Waals surface area contributed by atoms with Crippen LogP contribution in [0.25, 0.3) is 0 Å². The maximum atomic E-state index is 12.7. The van der Waals surface area contributed by atoms with Crippen molar-refractivity contribution in [2.45, 2.75) is 18.2 Å². The molecule has 0 unspecified atom stereocenters. The third-order valence-corrected chi connectivity index (χ3v) is 6.20. The highest BCUT2D eigenvalue weighted by Crippen LogP contribution is 2.35. The molecule has 0 aromatic heterocycles. The molecular formula is C18H20N2O6S. The fourth-order valence-corrected chi connectivity index (χ4v) is 4.27. The van der Waals surface area contributed by atoms with Crippen LogP contribution < -0.4 is 4.74 Å². The molecule has 0 bridgehead atoms. The van der Waals surface area contributed by atoms with E-state index in [1.165, 1.54) is 16.4 Å². The van der Waals surface area contributed by atoms with E-state index in [2.05, 4.69) is 0 Å². The second kappa shape index (κ2) is 8.03. The quantitative estimate of drug-likeness (QED) is 0.554. The second-order valence-electron chi connectivity index (χ2n) is 5.97. The summed E-state index contributed by atoms with van der Waals surface area (Å²) in [5, 5.41) is 11.5. The van der Waals surface area contributed by atoms with Crippen molar-refractivity contribution in [3.05, 3.63) is 58.1 Å². The van der Waals surface area contributed by atoms with Crippen LogP contribution in [0.15, 0.2) is 47.4 Å². The molecule has 1 aliphatic rings. The van der Waals surface area contributed by atoms with Crippen LogP contribution in [-0.2, 0) is 21.2 Å².